The van der Waals surface area contributed by atoms with E-state index in [0.717, 1.165) is 36.1 Å². The van der Waals surface area contributed by atoms with Crippen LogP contribution in [0.2, 0.25) is 0 Å². The molecular weight excluding hydrogens is 374 g/mol. The van der Waals surface area contributed by atoms with Gasteiger partial charge < -0.3 is 19.9 Å². The lowest BCUT2D eigenvalue weighted by Gasteiger charge is -2.40. The third-order valence-electron chi connectivity index (χ3n) is 6.31. The highest BCUT2D eigenvalue weighted by atomic mass is 16.6. The van der Waals surface area contributed by atoms with Crippen molar-refractivity contribution >= 4 is 12.0 Å². The van der Waals surface area contributed by atoms with E-state index in [2.05, 4.69) is 15.3 Å². The number of hydrogen-bond donors (Lipinski definition) is 2. The number of likely N-dealkylation sites (tertiary alicyclic amines) is 1. The number of nitrogens with one attached hydrogen (secondary N) is 2. The van der Waals surface area contributed by atoms with Crippen LogP contribution < -0.4 is 10.9 Å². The second-order valence-corrected chi connectivity index (χ2v) is 7.88. The summed E-state index contributed by atoms with van der Waals surface area (Å²) in [5.41, 5.74) is 2.12. The van der Waals surface area contributed by atoms with Gasteiger partial charge in [-0.25, -0.2) is 9.78 Å². The first-order valence-electron chi connectivity index (χ1n) is 9.82. The first kappa shape index (κ1) is 17.8. The Bertz CT molecular complexity index is 1030. The predicted octanol–water partition coefficient (Wildman–Crippen LogP) is 0.747. The van der Waals surface area contributed by atoms with E-state index in [1.807, 2.05) is 12.1 Å². The molecule has 1 spiro atoms. The van der Waals surface area contributed by atoms with Crippen LogP contribution in [0.3, 0.4) is 0 Å². The number of H-pyrrole nitrogens is 1. The Balaban J connectivity index is 1.39. The summed E-state index contributed by atoms with van der Waals surface area (Å²) in [6, 6.07) is 3.08. The minimum absolute atomic E-state index is 0.0769. The molecule has 3 aliphatic rings. The molecule has 1 aliphatic carbocycles. The number of ether oxygens (including phenoxy) is 1. The molecule has 2 aromatic rings. The minimum atomic E-state index is -0.606. The predicted molar refractivity (Wildman–Crippen MR) is 102 cm³/mol. The van der Waals surface area contributed by atoms with Gasteiger partial charge in [0.05, 0.1) is 5.69 Å². The van der Waals surface area contributed by atoms with E-state index in [4.69, 9.17) is 9.72 Å². The van der Waals surface area contributed by atoms with Crippen molar-refractivity contribution in [3.63, 3.8) is 0 Å². The normalized spacial score (nSPS) is 22.3. The van der Waals surface area contributed by atoms with Gasteiger partial charge in [0, 0.05) is 42.0 Å². The van der Waals surface area contributed by atoms with Gasteiger partial charge in [-0.15, -0.1) is 0 Å². The summed E-state index contributed by atoms with van der Waals surface area (Å²) < 4.78 is 4.83. The van der Waals surface area contributed by atoms with Crippen LogP contribution >= 0.6 is 0 Å². The zero-order valence-electron chi connectivity index (χ0n) is 15.8. The first-order valence-corrected chi connectivity index (χ1v) is 9.82. The molecule has 0 aromatic carbocycles. The third kappa shape index (κ3) is 2.97. The maximum Gasteiger partial charge on any atom is 0.407 e. The summed E-state index contributed by atoms with van der Waals surface area (Å²) in [4.78, 5) is 50.2. The van der Waals surface area contributed by atoms with Gasteiger partial charge in [0.15, 0.2) is 0 Å². The van der Waals surface area contributed by atoms with Gasteiger partial charge in [0.2, 0.25) is 5.91 Å². The standard InChI is InChI=1S/C20H21N5O4/c26-17-13-3-4-20(15(13)23-16(24-17)12-2-1-7-21-10-12)5-8-25(9-6-20)18(27)14-11-29-19(28)22-14/h1-2,7,10,14H,3-6,8-9,11H2,(H,22,28)(H,23,24,26)/t14-/m0/s1. The largest absolute Gasteiger partial charge is 0.447 e. The molecule has 2 amide bonds. The second-order valence-electron chi connectivity index (χ2n) is 7.88. The lowest BCUT2D eigenvalue weighted by molar-refractivity contribution is -0.134. The van der Waals surface area contributed by atoms with Gasteiger partial charge in [0.1, 0.15) is 18.5 Å². The zero-order chi connectivity index (χ0) is 20.0. The van der Waals surface area contributed by atoms with E-state index in [9.17, 15) is 14.4 Å². The number of carbonyl (C=O) groups is 2. The summed E-state index contributed by atoms with van der Waals surface area (Å²) in [6.45, 7) is 1.22. The molecule has 4 heterocycles. The molecule has 9 nitrogen and oxygen atoms in total. The molecular formula is C20H21N5O4. The van der Waals surface area contributed by atoms with Crippen LogP contribution in [0.25, 0.3) is 11.4 Å². The molecule has 2 aliphatic heterocycles. The van der Waals surface area contributed by atoms with Gasteiger partial charge in [-0.05, 0) is 37.8 Å². The number of amides is 2. The lowest BCUT2D eigenvalue weighted by atomic mass is 9.76. The van der Waals surface area contributed by atoms with Crippen LogP contribution in [0.1, 0.15) is 30.5 Å². The fraction of sp³-hybridized carbons (Fsp3) is 0.450. The van der Waals surface area contributed by atoms with Gasteiger partial charge >= 0.3 is 6.09 Å². The highest BCUT2D eigenvalue weighted by Gasteiger charge is 2.45. The van der Waals surface area contributed by atoms with Crippen molar-refractivity contribution in [3.8, 4) is 11.4 Å². The van der Waals surface area contributed by atoms with Crippen LogP contribution in [0.5, 0.6) is 0 Å². The monoisotopic (exact) mass is 395 g/mol. The van der Waals surface area contributed by atoms with Crippen LogP contribution in [0.4, 0.5) is 4.79 Å². The number of aromatic amines is 1. The van der Waals surface area contributed by atoms with E-state index >= 15 is 0 Å². The van der Waals surface area contributed by atoms with Crippen molar-refractivity contribution in [3.05, 3.63) is 46.1 Å². The molecule has 2 aromatic heterocycles. The number of alkyl carbamates (subject to hydrolysis) is 1. The molecule has 0 bridgehead atoms. The Morgan fingerprint density at radius 2 is 2.07 bits per heavy atom. The first-order chi connectivity index (χ1) is 14.1. The van der Waals surface area contributed by atoms with Crippen molar-refractivity contribution in [1.29, 1.82) is 0 Å². The average Bonchev–Trinajstić information content (AvgIpc) is 3.33. The van der Waals surface area contributed by atoms with E-state index < -0.39 is 12.1 Å². The Labute approximate surface area is 166 Å². The van der Waals surface area contributed by atoms with E-state index in [1.165, 1.54) is 0 Å². The summed E-state index contributed by atoms with van der Waals surface area (Å²) in [7, 11) is 0. The number of fused-ring (bicyclic) bond motifs is 2. The van der Waals surface area contributed by atoms with Crippen LogP contribution in [0, 0.1) is 0 Å². The number of carbonyl (C=O) groups excluding carboxylic acids is 2. The van der Waals surface area contributed by atoms with Crippen molar-refractivity contribution in [2.45, 2.75) is 37.1 Å². The van der Waals surface area contributed by atoms with Crippen LogP contribution in [0.15, 0.2) is 29.3 Å². The van der Waals surface area contributed by atoms with E-state index in [0.29, 0.717) is 25.3 Å². The van der Waals surface area contributed by atoms with Crippen LogP contribution in [-0.4, -0.2) is 57.6 Å². The molecule has 1 atom stereocenters. The number of piperidine rings is 1. The number of pyridine rings is 1. The molecule has 0 unspecified atom stereocenters. The molecule has 2 saturated heterocycles. The molecule has 2 N–H and O–H groups in total. The Morgan fingerprint density at radius 1 is 1.24 bits per heavy atom. The Kier molecular flexibility index (Phi) is 4.11. The number of nitrogens with zero attached hydrogens (tertiary/aromatic N) is 3. The van der Waals surface area contributed by atoms with Gasteiger partial charge in [-0.2, -0.15) is 0 Å². The quantitative estimate of drug-likeness (QED) is 0.775. The maximum atomic E-state index is 12.7. The summed E-state index contributed by atoms with van der Waals surface area (Å²) >= 11 is 0. The highest BCUT2D eigenvalue weighted by molar-refractivity contribution is 5.88. The topological polar surface area (TPSA) is 117 Å². The third-order valence-corrected chi connectivity index (χ3v) is 6.31. The fourth-order valence-corrected chi connectivity index (χ4v) is 4.67. The van der Waals surface area contributed by atoms with Crippen molar-refractivity contribution < 1.29 is 14.3 Å². The van der Waals surface area contributed by atoms with E-state index in [-0.39, 0.29) is 23.5 Å². The summed E-state index contributed by atoms with van der Waals surface area (Å²) in [5.74, 6) is 0.422. The smallest absolute Gasteiger partial charge is 0.407 e. The van der Waals surface area contributed by atoms with Crippen molar-refractivity contribution in [1.82, 2.24) is 25.2 Å². The lowest BCUT2D eigenvalue weighted by Crippen LogP contribution is -2.51. The number of rotatable bonds is 2. The zero-order valence-corrected chi connectivity index (χ0v) is 15.8. The molecule has 0 radical (unpaired) electrons. The highest BCUT2D eigenvalue weighted by Crippen LogP contribution is 2.44. The summed E-state index contributed by atoms with van der Waals surface area (Å²) in [5, 5.41) is 2.54. The number of hydrogen-bond acceptors (Lipinski definition) is 6. The molecule has 0 saturated carbocycles. The van der Waals surface area contributed by atoms with Gasteiger partial charge in [0.25, 0.3) is 5.56 Å². The molecule has 29 heavy (non-hydrogen) atoms. The van der Waals surface area contributed by atoms with Crippen molar-refractivity contribution in [2.24, 2.45) is 0 Å². The van der Waals surface area contributed by atoms with Gasteiger partial charge in [-0.3, -0.25) is 14.6 Å². The number of cyclic esters (lactones) is 1. The SMILES string of the molecule is O=C1N[C@H](C(=O)N2CCC3(CCc4c3nc(-c3cccnc3)[nH]c4=O)CC2)CO1. The molecule has 9 heteroatoms. The molecule has 150 valence electrons. The average molecular weight is 395 g/mol. The van der Waals surface area contributed by atoms with E-state index in [1.54, 1.807) is 17.3 Å². The molecule has 2 fully saturated rings. The summed E-state index contributed by atoms with van der Waals surface area (Å²) in [6.07, 6.45) is 5.87. The van der Waals surface area contributed by atoms with Crippen LogP contribution in [-0.2, 0) is 21.4 Å². The Morgan fingerprint density at radius 3 is 2.76 bits per heavy atom. The second kappa shape index (κ2) is 6.68. The van der Waals surface area contributed by atoms with Crippen molar-refractivity contribution in [2.75, 3.05) is 19.7 Å². The Hall–Kier alpha value is -3.23. The maximum absolute atomic E-state index is 12.7. The molecule has 5 rings (SSSR count). The fourth-order valence-electron chi connectivity index (χ4n) is 4.67. The van der Waals surface area contributed by atoms with Gasteiger partial charge in [-0.1, -0.05) is 0 Å². The number of aromatic nitrogens is 3. The minimum Gasteiger partial charge on any atom is -0.447 e.